The van der Waals surface area contributed by atoms with Crippen LogP contribution in [-0.2, 0) is 4.74 Å². The molecule has 0 aromatic heterocycles. The number of nitrogens with zero attached hydrogens (tertiary/aromatic N) is 1. The molecule has 0 aliphatic rings. The van der Waals surface area contributed by atoms with E-state index in [0.29, 0.717) is 12.0 Å². The molecule has 0 bridgehead atoms. The molecule has 3 heteroatoms. The summed E-state index contributed by atoms with van der Waals surface area (Å²) < 4.78 is 5.16. The van der Waals surface area contributed by atoms with Crippen molar-refractivity contribution < 1.29 is 4.74 Å². The van der Waals surface area contributed by atoms with Crippen LogP contribution >= 0.6 is 0 Å². The first-order valence-corrected chi connectivity index (χ1v) is 6.03. The van der Waals surface area contributed by atoms with Crippen molar-refractivity contribution in [1.82, 2.24) is 10.2 Å². The predicted octanol–water partition coefficient (Wildman–Crippen LogP) is 1.59. The van der Waals surface area contributed by atoms with E-state index in [1.807, 2.05) is 7.05 Å². The van der Waals surface area contributed by atoms with Gasteiger partial charge in [0.05, 0.1) is 6.61 Å². The normalized spacial score (nSPS) is 13.8. The van der Waals surface area contributed by atoms with Crippen molar-refractivity contribution in [3.05, 3.63) is 0 Å². The number of rotatable bonds is 9. The number of hydrogen-bond acceptors (Lipinski definition) is 3. The molecule has 0 aliphatic carbocycles. The Morgan fingerprint density at radius 2 is 2.00 bits per heavy atom. The van der Waals surface area contributed by atoms with Gasteiger partial charge in [0.15, 0.2) is 0 Å². The van der Waals surface area contributed by atoms with Gasteiger partial charge in [-0.2, -0.15) is 0 Å². The van der Waals surface area contributed by atoms with Crippen LogP contribution in [0.2, 0.25) is 0 Å². The molecule has 3 nitrogen and oxygen atoms in total. The number of likely N-dealkylation sites (N-methyl/N-ethyl adjacent to an activating group) is 1. The summed E-state index contributed by atoms with van der Waals surface area (Å²) in [6.45, 7) is 10.9. The van der Waals surface area contributed by atoms with Gasteiger partial charge >= 0.3 is 0 Å². The van der Waals surface area contributed by atoms with Gasteiger partial charge in [0.2, 0.25) is 0 Å². The fourth-order valence-corrected chi connectivity index (χ4v) is 1.87. The van der Waals surface area contributed by atoms with Gasteiger partial charge in [0.1, 0.15) is 0 Å². The van der Waals surface area contributed by atoms with Crippen molar-refractivity contribution in [2.75, 3.05) is 40.4 Å². The van der Waals surface area contributed by atoms with Gasteiger partial charge in [0, 0.05) is 32.8 Å². The molecule has 0 aromatic carbocycles. The first-order valence-electron chi connectivity index (χ1n) is 6.03. The van der Waals surface area contributed by atoms with Crippen LogP contribution in [0.5, 0.6) is 0 Å². The summed E-state index contributed by atoms with van der Waals surface area (Å²) >= 11 is 0. The fourth-order valence-electron chi connectivity index (χ4n) is 1.87. The van der Waals surface area contributed by atoms with Gasteiger partial charge in [-0.25, -0.2) is 0 Å². The summed E-state index contributed by atoms with van der Waals surface area (Å²) in [5.41, 5.74) is 0. The van der Waals surface area contributed by atoms with E-state index in [0.717, 1.165) is 26.2 Å². The molecule has 0 heterocycles. The minimum absolute atomic E-state index is 0.632. The molecule has 0 saturated carbocycles. The van der Waals surface area contributed by atoms with Crippen LogP contribution in [0.4, 0.5) is 0 Å². The van der Waals surface area contributed by atoms with Gasteiger partial charge in [-0.3, -0.25) is 4.90 Å². The van der Waals surface area contributed by atoms with E-state index >= 15 is 0 Å². The van der Waals surface area contributed by atoms with Crippen molar-refractivity contribution in [3.8, 4) is 0 Å². The highest BCUT2D eigenvalue weighted by Gasteiger charge is 2.16. The zero-order chi connectivity index (χ0) is 11.7. The Balaban J connectivity index is 4.15. The van der Waals surface area contributed by atoms with Crippen molar-refractivity contribution >= 4 is 0 Å². The first-order chi connectivity index (χ1) is 7.15. The second kappa shape index (κ2) is 9.13. The Morgan fingerprint density at radius 3 is 2.40 bits per heavy atom. The Morgan fingerprint density at radius 1 is 1.33 bits per heavy atom. The minimum Gasteiger partial charge on any atom is -0.383 e. The van der Waals surface area contributed by atoms with Crippen LogP contribution in [0.25, 0.3) is 0 Å². The minimum atomic E-state index is 0.632. The molecule has 0 spiro atoms. The van der Waals surface area contributed by atoms with Gasteiger partial charge in [-0.1, -0.05) is 20.8 Å². The number of hydrogen-bond donors (Lipinski definition) is 1. The van der Waals surface area contributed by atoms with Crippen LogP contribution in [0, 0.1) is 5.92 Å². The average molecular weight is 216 g/mol. The zero-order valence-electron chi connectivity index (χ0n) is 11.0. The van der Waals surface area contributed by atoms with Crippen molar-refractivity contribution in [2.24, 2.45) is 5.92 Å². The topological polar surface area (TPSA) is 24.5 Å². The molecule has 1 atom stereocenters. The van der Waals surface area contributed by atoms with E-state index in [1.54, 1.807) is 7.11 Å². The molecular formula is C12H28N2O. The third-order valence-electron chi connectivity index (χ3n) is 2.61. The third-order valence-corrected chi connectivity index (χ3v) is 2.61. The largest absolute Gasteiger partial charge is 0.383 e. The Hall–Kier alpha value is -0.120. The summed E-state index contributed by atoms with van der Waals surface area (Å²) in [4.78, 5) is 2.53. The zero-order valence-corrected chi connectivity index (χ0v) is 11.0. The first kappa shape index (κ1) is 14.9. The van der Waals surface area contributed by atoms with Crippen molar-refractivity contribution in [2.45, 2.75) is 33.2 Å². The van der Waals surface area contributed by atoms with E-state index in [-0.39, 0.29) is 0 Å². The summed E-state index contributed by atoms with van der Waals surface area (Å²) in [5, 5.41) is 3.27. The molecule has 0 saturated heterocycles. The van der Waals surface area contributed by atoms with E-state index in [1.165, 1.54) is 6.42 Å². The van der Waals surface area contributed by atoms with Crippen LogP contribution in [0.15, 0.2) is 0 Å². The molecule has 1 N–H and O–H groups in total. The van der Waals surface area contributed by atoms with E-state index in [4.69, 9.17) is 4.74 Å². The van der Waals surface area contributed by atoms with Gasteiger partial charge < -0.3 is 10.1 Å². The maximum Gasteiger partial charge on any atom is 0.0589 e. The second-order valence-electron chi connectivity index (χ2n) is 4.50. The smallest absolute Gasteiger partial charge is 0.0589 e. The lowest BCUT2D eigenvalue weighted by Gasteiger charge is -2.32. The number of ether oxygens (including phenoxy) is 1. The maximum atomic E-state index is 5.16. The van der Waals surface area contributed by atoms with Gasteiger partial charge in [-0.05, 0) is 19.4 Å². The van der Waals surface area contributed by atoms with Crippen LogP contribution in [0.3, 0.4) is 0 Å². The third kappa shape index (κ3) is 6.88. The Bertz CT molecular complexity index is 140. The molecule has 92 valence electrons. The standard InChI is InChI=1S/C12H28N2O/c1-6-12(9-13-4)14(7-8-15-5)10-11(2)3/h11-13H,6-10H2,1-5H3. The highest BCUT2D eigenvalue weighted by atomic mass is 16.5. The number of nitrogens with one attached hydrogen (secondary N) is 1. The van der Waals surface area contributed by atoms with E-state index in [9.17, 15) is 0 Å². The molecule has 0 fully saturated rings. The fraction of sp³-hybridized carbons (Fsp3) is 1.00. The van der Waals surface area contributed by atoms with Crippen LogP contribution < -0.4 is 5.32 Å². The van der Waals surface area contributed by atoms with Crippen LogP contribution in [0.1, 0.15) is 27.2 Å². The SMILES string of the molecule is CCC(CNC)N(CCOC)CC(C)C. The molecule has 0 rings (SSSR count). The lowest BCUT2D eigenvalue weighted by molar-refractivity contribution is 0.107. The molecule has 0 amide bonds. The van der Waals surface area contributed by atoms with Gasteiger partial charge in [-0.15, -0.1) is 0 Å². The highest BCUT2D eigenvalue weighted by molar-refractivity contribution is 4.73. The molecule has 0 aromatic rings. The maximum absolute atomic E-state index is 5.16. The van der Waals surface area contributed by atoms with Crippen molar-refractivity contribution in [3.63, 3.8) is 0 Å². The summed E-state index contributed by atoms with van der Waals surface area (Å²) in [6, 6.07) is 0.632. The summed E-state index contributed by atoms with van der Waals surface area (Å²) in [6.07, 6.45) is 1.19. The Kier molecular flexibility index (Phi) is 9.06. The Labute approximate surface area is 95.2 Å². The summed E-state index contributed by atoms with van der Waals surface area (Å²) in [7, 11) is 3.79. The van der Waals surface area contributed by atoms with Crippen LogP contribution in [-0.4, -0.2) is 51.3 Å². The second-order valence-corrected chi connectivity index (χ2v) is 4.50. The molecule has 0 aliphatic heterocycles. The predicted molar refractivity (Wildman–Crippen MR) is 66.3 cm³/mol. The summed E-state index contributed by atoms with van der Waals surface area (Å²) in [5.74, 6) is 0.716. The van der Waals surface area contributed by atoms with E-state index in [2.05, 4.69) is 31.0 Å². The molecule has 15 heavy (non-hydrogen) atoms. The van der Waals surface area contributed by atoms with Crippen molar-refractivity contribution in [1.29, 1.82) is 0 Å². The lowest BCUT2D eigenvalue weighted by Crippen LogP contribution is -2.44. The lowest BCUT2D eigenvalue weighted by atomic mass is 10.1. The molecule has 1 unspecified atom stereocenters. The highest BCUT2D eigenvalue weighted by Crippen LogP contribution is 2.07. The molecule has 0 radical (unpaired) electrons. The molecular weight excluding hydrogens is 188 g/mol. The quantitative estimate of drug-likeness (QED) is 0.633. The number of methoxy groups -OCH3 is 1. The van der Waals surface area contributed by atoms with E-state index < -0.39 is 0 Å². The average Bonchev–Trinajstić information content (AvgIpc) is 2.20. The monoisotopic (exact) mass is 216 g/mol. The van der Waals surface area contributed by atoms with Gasteiger partial charge in [0.25, 0.3) is 0 Å².